The minimum absolute atomic E-state index is 0.171. The molecule has 2 heterocycles. The van der Waals surface area contributed by atoms with Crippen molar-refractivity contribution in [3.05, 3.63) is 0 Å². The summed E-state index contributed by atoms with van der Waals surface area (Å²) in [5, 5.41) is 3.77. The summed E-state index contributed by atoms with van der Waals surface area (Å²) in [5.41, 5.74) is -0.409. The molecule has 2 atom stereocenters. The predicted octanol–water partition coefficient (Wildman–Crippen LogP) is 2.46. The third-order valence-corrected chi connectivity index (χ3v) is 4.58. The van der Waals surface area contributed by atoms with Gasteiger partial charge in [0.2, 0.25) is 0 Å². The van der Waals surface area contributed by atoms with Crippen LogP contribution in [-0.4, -0.2) is 66.3 Å². The van der Waals surface area contributed by atoms with E-state index in [1.807, 2.05) is 25.7 Å². The highest BCUT2D eigenvalue weighted by atomic mass is 16.6. The van der Waals surface area contributed by atoms with Crippen LogP contribution in [0.2, 0.25) is 0 Å². The number of nitrogens with zero attached hydrogens (tertiary/aromatic N) is 2. The number of amides is 1. The van der Waals surface area contributed by atoms with Crippen molar-refractivity contribution in [2.45, 2.75) is 71.1 Å². The average molecular weight is 311 g/mol. The number of hydrogen-bond acceptors (Lipinski definition) is 4. The molecule has 0 radical (unpaired) electrons. The molecule has 0 aromatic carbocycles. The first-order valence-electron chi connectivity index (χ1n) is 8.83. The number of carbonyl (C=O) groups excluding carboxylic acids is 1. The lowest BCUT2D eigenvalue weighted by molar-refractivity contribution is 0.0290. The van der Waals surface area contributed by atoms with E-state index in [0.29, 0.717) is 12.1 Å². The molecule has 5 nitrogen and oxygen atoms in total. The highest BCUT2D eigenvalue weighted by molar-refractivity contribution is 5.68. The van der Waals surface area contributed by atoms with E-state index < -0.39 is 5.60 Å². The Morgan fingerprint density at radius 1 is 1.14 bits per heavy atom. The molecule has 128 valence electrons. The van der Waals surface area contributed by atoms with Crippen LogP contribution < -0.4 is 5.32 Å². The maximum atomic E-state index is 12.1. The van der Waals surface area contributed by atoms with Gasteiger partial charge in [-0.3, -0.25) is 0 Å². The quantitative estimate of drug-likeness (QED) is 0.869. The zero-order chi connectivity index (χ0) is 16.2. The molecule has 0 aromatic rings. The molecular weight excluding hydrogens is 278 g/mol. The van der Waals surface area contributed by atoms with Crippen LogP contribution in [0.3, 0.4) is 0 Å². The van der Waals surface area contributed by atoms with Crippen molar-refractivity contribution < 1.29 is 9.53 Å². The van der Waals surface area contributed by atoms with Crippen LogP contribution in [0.25, 0.3) is 0 Å². The Morgan fingerprint density at radius 3 is 2.55 bits per heavy atom. The van der Waals surface area contributed by atoms with Crippen molar-refractivity contribution in [2.75, 3.05) is 32.7 Å². The van der Waals surface area contributed by atoms with Crippen molar-refractivity contribution in [1.82, 2.24) is 15.1 Å². The fourth-order valence-corrected chi connectivity index (χ4v) is 3.36. The second-order valence-electron chi connectivity index (χ2n) is 7.64. The number of ether oxygens (including phenoxy) is 1. The lowest BCUT2D eigenvalue weighted by atomic mass is 10.1. The van der Waals surface area contributed by atoms with E-state index in [1.165, 1.54) is 32.4 Å². The molecule has 2 aliphatic rings. The van der Waals surface area contributed by atoms with Crippen LogP contribution in [0.5, 0.6) is 0 Å². The summed E-state index contributed by atoms with van der Waals surface area (Å²) >= 11 is 0. The molecule has 0 aromatic heterocycles. The summed E-state index contributed by atoms with van der Waals surface area (Å²) in [6.45, 7) is 13.2. The molecule has 0 saturated carbocycles. The Morgan fingerprint density at radius 2 is 1.86 bits per heavy atom. The van der Waals surface area contributed by atoms with Gasteiger partial charge < -0.3 is 19.9 Å². The second kappa shape index (κ2) is 7.64. The SMILES string of the molecule is CCN1CCCC(NC2CCN(C(=O)OC(C)(C)C)C2)CC1. The summed E-state index contributed by atoms with van der Waals surface area (Å²) in [6, 6.07) is 1.02. The third-order valence-electron chi connectivity index (χ3n) is 4.58. The molecule has 2 rings (SSSR count). The lowest BCUT2D eigenvalue weighted by Gasteiger charge is -2.25. The summed E-state index contributed by atoms with van der Waals surface area (Å²) in [6.07, 6.45) is 4.60. The molecule has 0 aliphatic carbocycles. The van der Waals surface area contributed by atoms with Gasteiger partial charge in [0, 0.05) is 25.2 Å². The molecule has 1 amide bonds. The van der Waals surface area contributed by atoms with Gasteiger partial charge in [-0.2, -0.15) is 0 Å². The monoisotopic (exact) mass is 311 g/mol. The van der Waals surface area contributed by atoms with E-state index in [4.69, 9.17) is 4.74 Å². The molecule has 0 spiro atoms. The fraction of sp³-hybridized carbons (Fsp3) is 0.941. The Balaban J connectivity index is 1.75. The number of hydrogen-bond donors (Lipinski definition) is 1. The van der Waals surface area contributed by atoms with Crippen molar-refractivity contribution in [3.8, 4) is 0 Å². The first-order valence-corrected chi connectivity index (χ1v) is 8.83. The van der Waals surface area contributed by atoms with Gasteiger partial charge in [-0.25, -0.2) is 4.79 Å². The summed E-state index contributed by atoms with van der Waals surface area (Å²) in [5.74, 6) is 0. The van der Waals surface area contributed by atoms with Gasteiger partial charge in [0.1, 0.15) is 5.60 Å². The van der Waals surface area contributed by atoms with E-state index in [9.17, 15) is 4.79 Å². The summed E-state index contributed by atoms with van der Waals surface area (Å²) in [4.78, 5) is 16.5. The molecule has 22 heavy (non-hydrogen) atoms. The molecule has 2 fully saturated rings. The molecular formula is C17H33N3O2. The van der Waals surface area contributed by atoms with Crippen LogP contribution in [0.4, 0.5) is 4.79 Å². The molecule has 2 saturated heterocycles. The van der Waals surface area contributed by atoms with E-state index in [0.717, 1.165) is 26.1 Å². The lowest BCUT2D eigenvalue weighted by Crippen LogP contribution is -2.42. The Bertz CT molecular complexity index is 367. The van der Waals surface area contributed by atoms with E-state index in [1.54, 1.807) is 0 Å². The van der Waals surface area contributed by atoms with Crippen LogP contribution in [0.1, 0.15) is 53.4 Å². The summed E-state index contributed by atoms with van der Waals surface area (Å²) in [7, 11) is 0. The van der Waals surface area contributed by atoms with Crippen LogP contribution in [-0.2, 0) is 4.74 Å². The minimum Gasteiger partial charge on any atom is -0.444 e. The van der Waals surface area contributed by atoms with Gasteiger partial charge in [0.05, 0.1) is 0 Å². The fourth-order valence-electron chi connectivity index (χ4n) is 3.36. The van der Waals surface area contributed by atoms with Gasteiger partial charge in [0.25, 0.3) is 0 Å². The van der Waals surface area contributed by atoms with Gasteiger partial charge >= 0.3 is 6.09 Å². The number of carbonyl (C=O) groups is 1. The van der Waals surface area contributed by atoms with E-state index in [2.05, 4.69) is 17.1 Å². The van der Waals surface area contributed by atoms with Crippen LogP contribution in [0, 0.1) is 0 Å². The molecule has 1 N–H and O–H groups in total. The molecule has 0 bridgehead atoms. The normalized spacial score (nSPS) is 27.7. The van der Waals surface area contributed by atoms with E-state index >= 15 is 0 Å². The van der Waals surface area contributed by atoms with E-state index in [-0.39, 0.29) is 6.09 Å². The van der Waals surface area contributed by atoms with Gasteiger partial charge in [-0.05, 0) is 66.1 Å². The van der Waals surface area contributed by atoms with Gasteiger partial charge in [-0.15, -0.1) is 0 Å². The maximum absolute atomic E-state index is 12.1. The zero-order valence-electron chi connectivity index (χ0n) is 14.7. The maximum Gasteiger partial charge on any atom is 0.410 e. The van der Waals surface area contributed by atoms with Crippen molar-refractivity contribution >= 4 is 6.09 Å². The minimum atomic E-state index is -0.409. The van der Waals surface area contributed by atoms with Crippen molar-refractivity contribution in [2.24, 2.45) is 0 Å². The Labute approximate surface area is 135 Å². The Hall–Kier alpha value is -0.810. The number of nitrogens with one attached hydrogen (secondary N) is 1. The second-order valence-corrected chi connectivity index (χ2v) is 7.64. The highest BCUT2D eigenvalue weighted by Crippen LogP contribution is 2.18. The van der Waals surface area contributed by atoms with Gasteiger partial charge in [-0.1, -0.05) is 6.92 Å². The Kier molecular flexibility index (Phi) is 6.09. The largest absolute Gasteiger partial charge is 0.444 e. The number of rotatable bonds is 3. The highest BCUT2D eigenvalue weighted by Gasteiger charge is 2.31. The summed E-state index contributed by atoms with van der Waals surface area (Å²) < 4.78 is 5.46. The van der Waals surface area contributed by atoms with Gasteiger partial charge in [0.15, 0.2) is 0 Å². The van der Waals surface area contributed by atoms with Crippen LogP contribution >= 0.6 is 0 Å². The van der Waals surface area contributed by atoms with Crippen molar-refractivity contribution in [1.29, 1.82) is 0 Å². The molecule has 2 aliphatic heterocycles. The third kappa shape index (κ3) is 5.43. The van der Waals surface area contributed by atoms with Crippen LogP contribution in [0.15, 0.2) is 0 Å². The molecule has 5 heteroatoms. The standard InChI is InChI=1S/C17H33N3O2/c1-5-19-10-6-7-14(8-11-19)18-15-9-12-20(13-15)16(21)22-17(2,3)4/h14-15,18H,5-13H2,1-4H3. The predicted molar refractivity (Wildman–Crippen MR) is 89.1 cm³/mol. The smallest absolute Gasteiger partial charge is 0.410 e. The number of likely N-dealkylation sites (tertiary alicyclic amines) is 2. The average Bonchev–Trinajstić information content (AvgIpc) is 2.77. The van der Waals surface area contributed by atoms with Crippen molar-refractivity contribution in [3.63, 3.8) is 0 Å². The zero-order valence-corrected chi connectivity index (χ0v) is 14.7. The first kappa shape index (κ1) is 17.5. The molecule has 2 unspecified atom stereocenters. The topological polar surface area (TPSA) is 44.8 Å². The first-order chi connectivity index (χ1) is 10.4.